The molecular weight excluding hydrogens is 211 g/mol. The van der Waals surface area contributed by atoms with Crippen molar-refractivity contribution in [3.05, 3.63) is 35.1 Å². The molecule has 0 radical (unpaired) electrons. The Morgan fingerprint density at radius 2 is 2.19 bits per heavy atom. The summed E-state index contributed by atoms with van der Waals surface area (Å²) in [6.07, 6.45) is 0. The largest absolute Gasteiger partial charge is 0.444 e. The van der Waals surface area contributed by atoms with E-state index in [0.717, 1.165) is 0 Å². The first-order chi connectivity index (χ1) is 7.43. The standard InChI is InChI=1S/C11H11FN2O2/c1-6-3-4-7(5-8(6)12)11(2)9(15)14-10(13)16-11/h3-5H,1-2H3,(H2,13,14,15). The van der Waals surface area contributed by atoms with E-state index in [-0.39, 0.29) is 11.8 Å². The minimum Gasteiger partial charge on any atom is -0.444 e. The van der Waals surface area contributed by atoms with E-state index in [1.165, 1.54) is 13.0 Å². The van der Waals surface area contributed by atoms with E-state index >= 15 is 0 Å². The van der Waals surface area contributed by atoms with Gasteiger partial charge in [0.05, 0.1) is 0 Å². The number of ether oxygens (including phenoxy) is 1. The van der Waals surface area contributed by atoms with Crippen molar-refractivity contribution in [3.8, 4) is 0 Å². The van der Waals surface area contributed by atoms with E-state index < -0.39 is 11.5 Å². The predicted octanol–water partition coefficient (Wildman–Crippen LogP) is 1.22. The third-order valence-electron chi connectivity index (χ3n) is 2.65. The summed E-state index contributed by atoms with van der Waals surface area (Å²) in [4.78, 5) is 15.1. The molecule has 2 N–H and O–H groups in total. The molecule has 1 atom stereocenters. The highest BCUT2D eigenvalue weighted by Crippen LogP contribution is 2.31. The summed E-state index contributed by atoms with van der Waals surface area (Å²) in [5.41, 5.74) is 4.93. The lowest BCUT2D eigenvalue weighted by Gasteiger charge is -2.21. The third-order valence-corrected chi connectivity index (χ3v) is 2.65. The van der Waals surface area contributed by atoms with Crippen LogP contribution >= 0.6 is 0 Å². The smallest absolute Gasteiger partial charge is 0.298 e. The lowest BCUT2D eigenvalue weighted by atomic mass is 9.94. The number of halogens is 1. The number of hydrogen-bond donors (Lipinski definition) is 1. The molecule has 2 rings (SSSR count). The van der Waals surface area contributed by atoms with Gasteiger partial charge in [-0.15, -0.1) is 0 Å². The van der Waals surface area contributed by atoms with Crippen LogP contribution in [0.3, 0.4) is 0 Å². The normalized spacial score (nSPS) is 24.2. The first-order valence-corrected chi connectivity index (χ1v) is 4.78. The Bertz CT molecular complexity index is 499. The van der Waals surface area contributed by atoms with Crippen molar-refractivity contribution in [1.29, 1.82) is 0 Å². The van der Waals surface area contributed by atoms with Crippen LogP contribution in [0, 0.1) is 12.7 Å². The maximum atomic E-state index is 13.4. The number of hydrogen-bond acceptors (Lipinski definition) is 3. The Hall–Kier alpha value is -1.91. The van der Waals surface area contributed by atoms with Gasteiger partial charge in [0.1, 0.15) is 5.82 Å². The van der Waals surface area contributed by atoms with Crippen LogP contribution in [-0.4, -0.2) is 11.9 Å². The van der Waals surface area contributed by atoms with Gasteiger partial charge < -0.3 is 10.5 Å². The second-order valence-corrected chi connectivity index (χ2v) is 3.85. The van der Waals surface area contributed by atoms with Gasteiger partial charge in [0.2, 0.25) is 5.60 Å². The lowest BCUT2D eigenvalue weighted by Crippen LogP contribution is -2.32. The quantitative estimate of drug-likeness (QED) is 0.777. The first-order valence-electron chi connectivity index (χ1n) is 4.78. The molecule has 0 fully saturated rings. The molecular formula is C11H11FN2O2. The molecule has 1 unspecified atom stereocenters. The van der Waals surface area contributed by atoms with Crippen molar-refractivity contribution in [3.63, 3.8) is 0 Å². The molecule has 1 aromatic carbocycles. The highest BCUT2D eigenvalue weighted by atomic mass is 19.1. The first kappa shape index (κ1) is 10.6. The number of carbonyl (C=O) groups excluding carboxylic acids is 1. The van der Waals surface area contributed by atoms with E-state index in [1.54, 1.807) is 19.1 Å². The van der Waals surface area contributed by atoms with Crippen LogP contribution in [0.25, 0.3) is 0 Å². The molecule has 4 nitrogen and oxygen atoms in total. The van der Waals surface area contributed by atoms with Crippen LogP contribution in [0.5, 0.6) is 0 Å². The summed E-state index contributed by atoms with van der Waals surface area (Å²) < 4.78 is 18.5. The van der Waals surface area contributed by atoms with Gasteiger partial charge in [-0.2, -0.15) is 4.99 Å². The fourth-order valence-electron chi connectivity index (χ4n) is 1.55. The Morgan fingerprint density at radius 1 is 1.50 bits per heavy atom. The molecule has 1 amide bonds. The predicted molar refractivity (Wildman–Crippen MR) is 56.2 cm³/mol. The van der Waals surface area contributed by atoms with Crippen molar-refractivity contribution in [2.75, 3.05) is 0 Å². The monoisotopic (exact) mass is 222 g/mol. The second-order valence-electron chi connectivity index (χ2n) is 3.85. The minimum absolute atomic E-state index is 0.187. The summed E-state index contributed by atoms with van der Waals surface area (Å²) in [5, 5.41) is 0. The van der Waals surface area contributed by atoms with Crippen molar-refractivity contribution in [1.82, 2.24) is 0 Å². The zero-order valence-corrected chi connectivity index (χ0v) is 8.95. The van der Waals surface area contributed by atoms with E-state index in [2.05, 4.69) is 4.99 Å². The molecule has 0 aromatic heterocycles. The van der Waals surface area contributed by atoms with Crippen LogP contribution in [-0.2, 0) is 15.1 Å². The molecule has 84 valence electrons. The van der Waals surface area contributed by atoms with E-state index in [9.17, 15) is 9.18 Å². The maximum absolute atomic E-state index is 13.4. The third kappa shape index (κ3) is 1.44. The summed E-state index contributed by atoms with van der Waals surface area (Å²) in [7, 11) is 0. The van der Waals surface area contributed by atoms with Gasteiger partial charge in [-0.25, -0.2) is 4.39 Å². The number of amides is 1. The fraction of sp³-hybridized carbons (Fsp3) is 0.273. The van der Waals surface area contributed by atoms with E-state index in [0.29, 0.717) is 11.1 Å². The lowest BCUT2D eigenvalue weighted by molar-refractivity contribution is -0.130. The van der Waals surface area contributed by atoms with E-state index in [1.807, 2.05) is 0 Å². The molecule has 16 heavy (non-hydrogen) atoms. The molecule has 1 aliphatic rings. The van der Waals surface area contributed by atoms with Gasteiger partial charge in [-0.3, -0.25) is 4.79 Å². The van der Waals surface area contributed by atoms with Crippen LogP contribution in [0.15, 0.2) is 23.2 Å². The molecule has 5 heteroatoms. The summed E-state index contributed by atoms with van der Waals surface area (Å²) >= 11 is 0. The SMILES string of the molecule is Cc1ccc(C2(C)OC(N)=NC2=O)cc1F. The van der Waals surface area contributed by atoms with Crippen LogP contribution in [0.2, 0.25) is 0 Å². The molecule has 0 aliphatic carbocycles. The molecule has 0 spiro atoms. The Labute approximate surface area is 91.9 Å². The van der Waals surface area contributed by atoms with Gasteiger partial charge >= 0.3 is 0 Å². The molecule has 0 bridgehead atoms. The minimum atomic E-state index is -1.31. The van der Waals surface area contributed by atoms with Crippen molar-refractivity contribution < 1.29 is 13.9 Å². The summed E-state index contributed by atoms with van der Waals surface area (Å²) in [5.74, 6) is -0.908. The van der Waals surface area contributed by atoms with Gasteiger partial charge in [0.25, 0.3) is 11.9 Å². The maximum Gasteiger partial charge on any atom is 0.298 e. The van der Waals surface area contributed by atoms with Crippen LogP contribution in [0.4, 0.5) is 4.39 Å². The molecule has 1 aliphatic heterocycles. The molecule has 1 heterocycles. The number of benzene rings is 1. The highest BCUT2D eigenvalue weighted by molar-refractivity contribution is 6.01. The second kappa shape index (κ2) is 3.30. The van der Waals surface area contributed by atoms with E-state index in [4.69, 9.17) is 10.5 Å². The van der Waals surface area contributed by atoms with Gasteiger partial charge in [-0.1, -0.05) is 12.1 Å². The zero-order valence-electron chi connectivity index (χ0n) is 8.95. The van der Waals surface area contributed by atoms with Crippen molar-refractivity contribution in [2.24, 2.45) is 10.7 Å². The number of amidine groups is 1. The zero-order chi connectivity index (χ0) is 11.9. The average molecular weight is 222 g/mol. The topological polar surface area (TPSA) is 64.7 Å². The summed E-state index contributed by atoms with van der Waals surface area (Å²) in [6, 6.07) is 4.29. The van der Waals surface area contributed by atoms with Crippen molar-refractivity contribution in [2.45, 2.75) is 19.4 Å². The van der Waals surface area contributed by atoms with Gasteiger partial charge in [-0.05, 0) is 25.5 Å². The van der Waals surface area contributed by atoms with Gasteiger partial charge in [0, 0.05) is 5.56 Å². The number of aryl methyl sites for hydroxylation is 1. The molecule has 1 aromatic rings. The Kier molecular flexibility index (Phi) is 2.18. The molecule has 0 saturated carbocycles. The Balaban J connectivity index is 2.45. The number of aliphatic imine (C=N–C) groups is 1. The fourth-order valence-corrected chi connectivity index (χ4v) is 1.55. The number of nitrogens with zero attached hydrogens (tertiary/aromatic N) is 1. The summed E-state index contributed by atoms with van der Waals surface area (Å²) in [6.45, 7) is 3.16. The number of nitrogens with two attached hydrogens (primary N) is 1. The van der Waals surface area contributed by atoms with Crippen LogP contribution < -0.4 is 5.73 Å². The number of rotatable bonds is 1. The van der Waals surface area contributed by atoms with Gasteiger partial charge in [0.15, 0.2) is 0 Å². The Morgan fingerprint density at radius 3 is 2.69 bits per heavy atom. The highest BCUT2D eigenvalue weighted by Gasteiger charge is 2.43. The van der Waals surface area contributed by atoms with Crippen LogP contribution in [0.1, 0.15) is 18.1 Å². The average Bonchev–Trinajstić information content (AvgIpc) is 2.46. The number of carbonyl (C=O) groups is 1. The van der Waals surface area contributed by atoms with Crippen molar-refractivity contribution >= 4 is 11.9 Å². The molecule has 0 saturated heterocycles.